The molecule has 0 saturated heterocycles. The predicted molar refractivity (Wildman–Crippen MR) is 108 cm³/mol. The summed E-state index contributed by atoms with van der Waals surface area (Å²) in [6.07, 6.45) is 1.26. The Morgan fingerprint density at radius 1 is 1.03 bits per heavy atom. The maximum Gasteiger partial charge on any atom is 0.338 e. The van der Waals surface area contributed by atoms with Gasteiger partial charge in [0.05, 0.1) is 29.4 Å². The highest BCUT2D eigenvalue weighted by molar-refractivity contribution is 5.94. The van der Waals surface area contributed by atoms with Crippen molar-refractivity contribution < 1.29 is 23.9 Å². The fourth-order valence-electron chi connectivity index (χ4n) is 2.65. The summed E-state index contributed by atoms with van der Waals surface area (Å²) >= 11 is 0. The van der Waals surface area contributed by atoms with Gasteiger partial charge in [-0.2, -0.15) is 0 Å². The number of aromatic nitrogens is 2. The van der Waals surface area contributed by atoms with Crippen LogP contribution in [0.4, 0.5) is 5.69 Å². The van der Waals surface area contributed by atoms with Gasteiger partial charge in [0.2, 0.25) is 0 Å². The SMILES string of the molecule is CCOC(=O)c1ccc(NC(=O)COC(=O)Cn2cnc3ccccc3c2=O)cc1. The van der Waals surface area contributed by atoms with E-state index in [2.05, 4.69) is 10.3 Å². The molecule has 2 aromatic carbocycles. The molecule has 3 rings (SSSR count). The average Bonchev–Trinajstić information content (AvgIpc) is 2.75. The third kappa shape index (κ3) is 5.07. The first kappa shape index (κ1) is 20.7. The monoisotopic (exact) mass is 409 g/mol. The average molecular weight is 409 g/mol. The molecule has 0 aliphatic carbocycles. The molecule has 0 spiro atoms. The van der Waals surface area contributed by atoms with Crippen LogP contribution in [0, 0.1) is 0 Å². The van der Waals surface area contributed by atoms with Gasteiger partial charge in [0.25, 0.3) is 11.5 Å². The number of carbonyl (C=O) groups is 3. The number of nitrogens with zero attached hydrogens (tertiary/aromatic N) is 2. The van der Waals surface area contributed by atoms with E-state index in [9.17, 15) is 19.2 Å². The van der Waals surface area contributed by atoms with Crippen LogP contribution in [0.3, 0.4) is 0 Å². The Hall–Kier alpha value is -4.01. The molecular weight excluding hydrogens is 390 g/mol. The summed E-state index contributed by atoms with van der Waals surface area (Å²) in [5.41, 5.74) is 0.943. The summed E-state index contributed by atoms with van der Waals surface area (Å²) in [6.45, 7) is 1.09. The third-order valence-corrected chi connectivity index (χ3v) is 4.08. The number of amides is 1. The van der Waals surface area contributed by atoms with Crippen molar-refractivity contribution in [2.45, 2.75) is 13.5 Å². The van der Waals surface area contributed by atoms with Crippen molar-refractivity contribution in [1.29, 1.82) is 0 Å². The minimum atomic E-state index is -0.748. The second-order valence-corrected chi connectivity index (χ2v) is 6.20. The highest BCUT2D eigenvalue weighted by atomic mass is 16.5. The molecule has 0 bridgehead atoms. The number of carbonyl (C=O) groups excluding carboxylic acids is 3. The zero-order valence-electron chi connectivity index (χ0n) is 16.2. The van der Waals surface area contributed by atoms with Crippen LogP contribution < -0.4 is 10.9 Å². The smallest absolute Gasteiger partial charge is 0.338 e. The van der Waals surface area contributed by atoms with Gasteiger partial charge in [0, 0.05) is 5.69 Å². The number of fused-ring (bicyclic) bond motifs is 1. The molecule has 0 aliphatic heterocycles. The van der Waals surface area contributed by atoms with Crippen LogP contribution in [0.5, 0.6) is 0 Å². The van der Waals surface area contributed by atoms with Crippen LogP contribution in [0.15, 0.2) is 59.7 Å². The zero-order valence-corrected chi connectivity index (χ0v) is 16.2. The van der Waals surface area contributed by atoms with E-state index in [-0.39, 0.29) is 18.7 Å². The highest BCUT2D eigenvalue weighted by Gasteiger charge is 2.12. The molecule has 0 atom stereocenters. The number of benzene rings is 2. The van der Waals surface area contributed by atoms with Crippen LogP contribution in [-0.4, -0.2) is 40.6 Å². The van der Waals surface area contributed by atoms with Crippen molar-refractivity contribution >= 4 is 34.4 Å². The minimum absolute atomic E-state index is 0.268. The summed E-state index contributed by atoms with van der Waals surface area (Å²) in [4.78, 5) is 52.1. The lowest BCUT2D eigenvalue weighted by atomic mass is 10.2. The van der Waals surface area contributed by atoms with Crippen LogP contribution in [-0.2, 0) is 25.6 Å². The van der Waals surface area contributed by atoms with E-state index in [4.69, 9.17) is 9.47 Å². The second kappa shape index (κ2) is 9.46. The van der Waals surface area contributed by atoms with E-state index < -0.39 is 24.5 Å². The topological polar surface area (TPSA) is 117 Å². The van der Waals surface area contributed by atoms with Crippen molar-refractivity contribution in [3.63, 3.8) is 0 Å². The molecule has 154 valence electrons. The maximum absolute atomic E-state index is 12.4. The van der Waals surface area contributed by atoms with Gasteiger partial charge in [-0.15, -0.1) is 0 Å². The number of rotatable bonds is 7. The van der Waals surface area contributed by atoms with Gasteiger partial charge < -0.3 is 14.8 Å². The molecule has 3 aromatic rings. The van der Waals surface area contributed by atoms with E-state index >= 15 is 0 Å². The minimum Gasteiger partial charge on any atom is -0.462 e. The molecule has 0 fully saturated rings. The molecular formula is C21H19N3O6. The van der Waals surface area contributed by atoms with E-state index in [0.717, 1.165) is 4.57 Å². The van der Waals surface area contributed by atoms with Gasteiger partial charge in [0.1, 0.15) is 6.54 Å². The second-order valence-electron chi connectivity index (χ2n) is 6.20. The van der Waals surface area contributed by atoms with E-state index in [0.29, 0.717) is 22.2 Å². The first-order chi connectivity index (χ1) is 14.5. The molecule has 9 heteroatoms. The lowest BCUT2D eigenvalue weighted by Gasteiger charge is -2.09. The predicted octanol–water partition coefficient (Wildman–Crippen LogP) is 1.76. The number of anilines is 1. The van der Waals surface area contributed by atoms with Crippen molar-refractivity contribution in [3.05, 3.63) is 70.8 Å². The molecule has 1 amide bonds. The van der Waals surface area contributed by atoms with Crippen LogP contribution in [0.25, 0.3) is 10.9 Å². The van der Waals surface area contributed by atoms with E-state index in [1.165, 1.54) is 30.6 Å². The third-order valence-electron chi connectivity index (χ3n) is 4.08. The van der Waals surface area contributed by atoms with Gasteiger partial charge in [-0.3, -0.25) is 19.0 Å². The van der Waals surface area contributed by atoms with Gasteiger partial charge in [-0.05, 0) is 43.3 Å². The highest BCUT2D eigenvalue weighted by Crippen LogP contribution is 2.10. The van der Waals surface area contributed by atoms with Crippen molar-refractivity contribution in [2.24, 2.45) is 0 Å². The Morgan fingerprint density at radius 3 is 2.50 bits per heavy atom. The molecule has 0 radical (unpaired) electrons. The van der Waals surface area contributed by atoms with Gasteiger partial charge in [-0.25, -0.2) is 9.78 Å². The lowest BCUT2D eigenvalue weighted by Crippen LogP contribution is -2.28. The van der Waals surface area contributed by atoms with Crippen LogP contribution in [0.2, 0.25) is 0 Å². The summed E-state index contributed by atoms with van der Waals surface area (Å²) in [5, 5.41) is 2.93. The fraction of sp³-hybridized carbons (Fsp3) is 0.190. The molecule has 1 heterocycles. The summed E-state index contributed by atoms with van der Waals surface area (Å²) < 4.78 is 10.9. The quantitative estimate of drug-likeness (QED) is 0.591. The first-order valence-electron chi connectivity index (χ1n) is 9.14. The van der Waals surface area contributed by atoms with Crippen molar-refractivity contribution in [1.82, 2.24) is 9.55 Å². The Bertz CT molecular complexity index is 1140. The molecule has 1 aromatic heterocycles. The van der Waals surface area contributed by atoms with Crippen LogP contribution >= 0.6 is 0 Å². The molecule has 0 unspecified atom stereocenters. The molecule has 9 nitrogen and oxygen atoms in total. The zero-order chi connectivity index (χ0) is 21.5. The van der Waals surface area contributed by atoms with E-state index in [1.54, 1.807) is 31.2 Å². The first-order valence-corrected chi connectivity index (χ1v) is 9.14. The normalized spacial score (nSPS) is 10.4. The molecule has 30 heavy (non-hydrogen) atoms. The molecule has 0 saturated carbocycles. The summed E-state index contributed by atoms with van der Waals surface area (Å²) in [7, 11) is 0. The van der Waals surface area contributed by atoms with Gasteiger partial charge in [-0.1, -0.05) is 12.1 Å². The Morgan fingerprint density at radius 2 is 1.77 bits per heavy atom. The Kier molecular flexibility index (Phi) is 6.53. The fourth-order valence-corrected chi connectivity index (χ4v) is 2.65. The lowest BCUT2D eigenvalue weighted by molar-refractivity contribution is -0.147. The summed E-state index contributed by atoms with van der Waals surface area (Å²) in [5.74, 6) is -1.76. The Balaban J connectivity index is 1.52. The number of hydrogen-bond acceptors (Lipinski definition) is 7. The molecule has 1 N–H and O–H groups in total. The number of nitrogens with one attached hydrogen (secondary N) is 1. The standard InChI is InChI=1S/C21H19N3O6/c1-2-29-21(28)14-7-9-15(10-8-14)23-18(25)12-30-19(26)11-24-13-22-17-6-4-3-5-16(17)20(24)27/h3-10,13H,2,11-12H2,1H3,(H,23,25). The summed E-state index contributed by atoms with van der Waals surface area (Å²) in [6, 6.07) is 12.9. The number of ether oxygens (including phenoxy) is 2. The van der Waals surface area contributed by atoms with Crippen molar-refractivity contribution in [3.8, 4) is 0 Å². The maximum atomic E-state index is 12.4. The van der Waals surface area contributed by atoms with E-state index in [1.807, 2.05) is 0 Å². The number of hydrogen-bond donors (Lipinski definition) is 1. The van der Waals surface area contributed by atoms with Gasteiger partial charge >= 0.3 is 11.9 Å². The van der Waals surface area contributed by atoms with Crippen molar-refractivity contribution in [2.75, 3.05) is 18.5 Å². The largest absolute Gasteiger partial charge is 0.462 e. The number of esters is 2. The number of para-hydroxylation sites is 1. The van der Waals surface area contributed by atoms with Gasteiger partial charge in [0.15, 0.2) is 6.61 Å². The molecule has 0 aliphatic rings. The van der Waals surface area contributed by atoms with Crippen LogP contribution in [0.1, 0.15) is 17.3 Å². The Labute approximate surface area is 171 Å².